The van der Waals surface area contributed by atoms with Crippen molar-refractivity contribution in [3.05, 3.63) is 65.1 Å². The molecule has 3 nitrogen and oxygen atoms in total. The van der Waals surface area contributed by atoms with Crippen LogP contribution in [0.4, 0.5) is 0 Å². The van der Waals surface area contributed by atoms with Gasteiger partial charge in [0.2, 0.25) is 0 Å². The summed E-state index contributed by atoms with van der Waals surface area (Å²) in [6.45, 7) is 5.47. The number of hydrogen-bond acceptors (Lipinski definition) is 2. The minimum absolute atomic E-state index is 0.646. The van der Waals surface area contributed by atoms with Crippen LogP contribution in [-0.4, -0.2) is 27.5 Å². The standard InChI is InChI=1S/C24H27N3/c1-16-7-8-23-20(13-16)21-15-26(3)22-6-4-5-19(22)24(21)27(23)14-17(2)18-9-11-25-12-10-18/h7-14,19,22H,4-6,15H2,1-3H3/b17-14+. The number of pyridine rings is 1. The summed E-state index contributed by atoms with van der Waals surface area (Å²) in [7, 11) is 2.31. The van der Waals surface area contributed by atoms with Crippen molar-refractivity contribution >= 4 is 22.7 Å². The highest BCUT2D eigenvalue weighted by Crippen LogP contribution is 2.46. The van der Waals surface area contributed by atoms with E-state index in [2.05, 4.69) is 71.9 Å². The number of rotatable bonds is 2. The molecule has 0 radical (unpaired) electrons. The molecule has 5 rings (SSSR count). The Hall–Kier alpha value is -2.39. The zero-order chi connectivity index (χ0) is 18.5. The largest absolute Gasteiger partial charge is 0.319 e. The van der Waals surface area contributed by atoms with Gasteiger partial charge in [0.25, 0.3) is 0 Å². The molecule has 1 fully saturated rings. The summed E-state index contributed by atoms with van der Waals surface area (Å²) < 4.78 is 2.51. The van der Waals surface area contributed by atoms with Gasteiger partial charge in [-0.05, 0) is 74.7 Å². The van der Waals surface area contributed by atoms with E-state index in [0.29, 0.717) is 12.0 Å². The van der Waals surface area contributed by atoms with E-state index in [4.69, 9.17) is 0 Å². The molecule has 2 atom stereocenters. The molecule has 1 aromatic carbocycles. The van der Waals surface area contributed by atoms with Gasteiger partial charge in [-0.1, -0.05) is 18.1 Å². The molecule has 2 aliphatic rings. The second-order valence-corrected chi connectivity index (χ2v) is 8.32. The van der Waals surface area contributed by atoms with E-state index in [0.717, 1.165) is 6.54 Å². The van der Waals surface area contributed by atoms with Gasteiger partial charge in [0.1, 0.15) is 0 Å². The topological polar surface area (TPSA) is 21.1 Å². The van der Waals surface area contributed by atoms with E-state index >= 15 is 0 Å². The van der Waals surface area contributed by atoms with Crippen molar-refractivity contribution in [1.29, 1.82) is 0 Å². The Morgan fingerprint density at radius 1 is 1.15 bits per heavy atom. The summed E-state index contributed by atoms with van der Waals surface area (Å²) in [5, 5.41) is 1.43. The number of allylic oxidation sites excluding steroid dienone is 1. The molecule has 3 heteroatoms. The summed E-state index contributed by atoms with van der Waals surface area (Å²) in [4.78, 5) is 6.76. The molecule has 2 aromatic heterocycles. The Morgan fingerprint density at radius 3 is 2.78 bits per heavy atom. The van der Waals surface area contributed by atoms with Crippen molar-refractivity contribution in [3.8, 4) is 0 Å². The van der Waals surface area contributed by atoms with Gasteiger partial charge in [-0.15, -0.1) is 0 Å². The maximum absolute atomic E-state index is 4.17. The second kappa shape index (κ2) is 6.35. The first kappa shape index (κ1) is 16.8. The molecule has 0 saturated heterocycles. The van der Waals surface area contributed by atoms with Gasteiger partial charge < -0.3 is 4.57 Å². The first-order chi connectivity index (χ1) is 13.1. The second-order valence-electron chi connectivity index (χ2n) is 8.32. The van der Waals surface area contributed by atoms with Gasteiger partial charge in [-0.2, -0.15) is 0 Å². The third-order valence-corrected chi connectivity index (χ3v) is 6.57. The Balaban J connectivity index is 1.76. The lowest BCUT2D eigenvalue weighted by Gasteiger charge is -2.36. The molecule has 3 heterocycles. The predicted octanol–water partition coefficient (Wildman–Crippen LogP) is 5.44. The van der Waals surface area contributed by atoms with Gasteiger partial charge in [0, 0.05) is 48.2 Å². The third kappa shape index (κ3) is 2.64. The zero-order valence-corrected chi connectivity index (χ0v) is 16.4. The molecule has 27 heavy (non-hydrogen) atoms. The lowest BCUT2D eigenvalue weighted by atomic mass is 9.90. The van der Waals surface area contributed by atoms with E-state index < -0.39 is 0 Å². The highest BCUT2D eigenvalue weighted by Gasteiger charge is 2.39. The fourth-order valence-corrected chi connectivity index (χ4v) is 5.26. The quantitative estimate of drug-likeness (QED) is 0.608. The summed E-state index contributed by atoms with van der Waals surface area (Å²) in [5.41, 5.74) is 8.31. The van der Waals surface area contributed by atoms with Crippen LogP contribution in [0.1, 0.15) is 54.5 Å². The monoisotopic (exact) mass is 357 g/mol. The molecule has 2 unspecified atom stereocenters. The van der Waals surface area contributed by atoms with Crippen LogP contribution in [-0.2, 0) is 6.54 Å². The molecule has 1 aliphatic carbocycles. The SMILES string of the molecule is C/C(=C\n1c2c(c3cc(C)ccc31)CN(C)C1CCCC21)c1ccncc1. The molecule has 3 aromatic rings. The number of aryl methyl sites for hydroxylation is 1. The van der Waals surface area contributed by atoms with E-state index in [1.165, 1.54) is 52.4 Å². The average molecular weight is 358 g/mol. The highest BCUT2D eigenvalue weighted by molar-refractivity contribution is 5.90. The van der Waals surface area contributed by atoms with E-state index in [1.54, 1.807) is 5.69 Å². The fourth-order valence-electron chi connectivity index (χ4n) is 5.26. The number of likely N-dealkylation sites (N-methyl/N-ethyl adjacent to an activating group) is 1. The van der Waals surface area contributed by atoms with E-state index in [-0.39, 0.29) is 0 Å². The number of hydrogen-bond donors (Lipinski definition) is 0. The fraction of sp³-hybridized carbons (Fsp3) is 0.375. The van der Waals surface area contributed by atoms with Crippen molar-refractivity contribution in [2.75, 3.05) is 7.05 Å². The zero-order valence-electron chi connectivity index (χ0n) is 16.4. The van der Waals surface area contributed by atoms with Crippen LogP contribution in [0.2, 0.25) is 0 Å². The van der Waals surface area contributed by atoms with Crippen molar-refractivity contribution in [1.82, 2.24) is 14.5 Å². The van der Waals surface area contributed by atoms with Crippen LogP contribution in [0, 0.1) is 6.92 Å². The minimum atomic E-state index is 0.646. The predicted molar refractivity (Wildman–Crippen MR) is 113 cm³/mol. The van der Waals surface area contributed by atoms with Crippen molar-refractivity contribution in [2.45, 2.75) is 51.6 Å². The van der Waals surface area contributed by atoms with Gasteiger partial charge in [0.05, 0.1) is 5.52 Å². The van der Waals surface area contributed by atoms with Gasteiger partial charge in [-0.3, -0.25) is 9.88 Å². The third-order valence-electron chi connectivity index (χ3n) is 6.57. The van der Waals surface area contributed by atoms with Crippen LogP contribution in [0.15, 0.2) is 42.7 Å². The van der Waals surface area contributed by atoms with Crippen LogP contribution in [0.25, 0.3) is 22.7 Å². The van der Waals surface area contributed by atoms with Crippen LogP contribution in [0.3, 0.4) is 0 Å². The highest BCUT2D eigenvalue weighted by atomic mass is 15.2. The molecule has 0 spiro atoms. The van der Waals surface area contributed by atoms with Crippen molar-refractivity contribution in [3.63, 3.8) is 0 Å². The Labute approximate surface area is 161 Å². The number of benzene rings is 1. The van der Waals surface area contributed by atoms with Crippen LogP contribution in [0.5, 0.6) is 0 Å². The van der Waals surface area contributed by atoms with Gasteiger partial charge in [-0.25, -0.2) is 0 Å². The molecular weight excluding hydrogens is 330 g/mol. The molecule has 1 aliphatic heterocycles. The number of nitrogens with zero attached hydrogens (tertiary/aromatic N) is 3. The molecule has 0 amide bonds. The summed E-state index contributed by atoms with van der Waals surface area (Å²) in [5.74, 6) is 0.646. The summed E-state index contributed by atoms with van der Waals surface area (Å²) in [6.07, 6.45) is 10.1. The average Bonchev–Trinajstić information content (AvgIpc) is 3.27. The molecule has 0 N–H and O–H groups in total. The molecule has 138 valence electrons. The normalized spacial score (nSPS) is 22.9. The van der Waals surface area contributed by atoms with Crippen molar-refractivity contribution < 1.29 is 0 Å². The van der Waals surface area contributed by atoms with E-state index in [1.807, 2.05) is 12.4 Å². The molecule has 0 bridgehead atoms. The maximum atomic E-state index is 4.17. The first-order valence-corrected chi connectivity index (χ1v) is 10.1. The smallest absolute Gasteiger partial charge is 0.0529 e. The summed E-state index contributed by atoms with van der Waals surface area (Å²) >= 11 is 0. The molecular formula is C24H27N3. The first-order valence-electron chi connectivity index (χ1n) is 10.1. The number of aromatic nitrogens is 2. The lowest BCUT2D eigenvalue weighted by molar-refractivity contribution is 0.199. The Kier molecular flexibility index (Phi) is 3.94. The van der Waals surface area contributed by atoms with Gasteiger partial charge >= 0.3 is 0 Å². The molecule has 1 saturated carbocycles. The van der Waals surface area contributed by atoms with Crippen molar-refractivity contribution in [2.24, 2.45) is 0 Å². The number of fused-ring (bicyclic) bond motifs is 5. The lowest BCUT2D eigenvalue weighted by Crippen LogP contribution is -2.38. The maximum Gasteiger partial charge on any atom is 0.0529 e. The summed E-state index contributed by atoms with van der Waals surface area (Å²) in [6, 6.07) is 11.8. The Bertz CT molecular complexity index is 1030. The van der Waals surface area contributed by atoms with Crippen LogP contribution < -0.4 is 0 Å². The van der Waals surface area contributed by atoms with Gasteiger partial charge in [0.15, 0.2) is 0 Å². The minimum Gasteiger partial charge on any atom is -0.319 e. The Morgan fingerprint density at radius 2 is 1.96 bits per heavy atom. The van der Waals surface area contributed by atoms with Crippen LogP contribution >= 0.6 is 0 Å². The van der Waals surface area contributed by atoms with E-state index in [9.17, 15) is 0 Å².